The third-order valence-electron chi connectivity index (χ3n) is 3.92. The average molecular weight is 329 g/mol. The lowest BCUT2D eigenvalue weighted by Crippen LogP contribution is -2.29. The van der Waals surface area contributed by atoms with E-state index in [1.54, 1.807) is 31.4 Å². The molecule has 0 saturated heterocycles. The molecule has 0 aliphatic rings. The number of nitrogens with two attached hydrogens (primary N) is 1. The monoisotopic (exact) mass is 329 g/mol. The molecule has 1 unspecified atom stereocenters. The Morgan fingerprint density at radius 2 is 1.88 bits per heavy atom. The number of rotatable bonds is 7. The number of hydrogen-bond donors (Lipinski definition) is 2. The van der Waals surface area contributed by atoms with Gasteiger partial charge in [0, 0.05) is 37.0 Å². The number of aryl methyl sites for hydroxylation is 1. The summed E-state index contributed by atoms with van der Waals surface area (Å²) in [6.07, 6.45) is 0. The quantitative estimate of drug-likeness (QED) is 0.759. The molecule has 0 aliphatic carbocycles. The van der Waals surface area contributed by atoms with Crippen molar-refractivity contribution in [1.29, 1.82) is 0 Å². The first-order valence-electron chi connectivity index (χ1n) is 7.78. The minimum Gasteiger partial charge on any atom is -0.497 e. The highest BCUT2D eigenvalue weighted by Gasteiger charge is 2.21. The molecule has 0 aliphatic heterocycles. The van der Waals surface area contributed by atoms with Crippen LogP contribution in [0.3, 0.4) is 0 Å². The number of benzene rings is 1. The summed E-state index contributed by atoms with van der Waals surface area (Å²) >= 11 is 0. The van der Waals surface area contributed by atoms with Gasteiger partial charge in [-0.2, -0.15) is 0 Å². The van der Waals surface area contributed by atoms with Crippen LogP contribution in [0.15, 0.2) is 36.4 Å². The Morgan fingerprint density at radius 1 is 1.21 bits per heavy atom. The molecule has 1 aromatic heterocycles. The number of ether oxygens (including phenoxy) is 1. The topological polar surface area (TPSA) is 86.3 Å². The molecule has 0 bridgehead atoms. The molecule has 3 N–H and O–H groups in total. The van der Waals surface area contributed by atoms with Crippen LogP contribution in [0.4, 0.5) is 0 Å². The zero-order valence-electron chi connectivity index (χ0n) is 14.2. The molecule has 1 atom stereocenters. The molecule has 0 fully saturated rings. The highest BCUT2D eigenvalue weighted by Crippen LogP contribution is 2.21. The van der Waals surface area contributed by atoms with Crippen LogP contribution < -0.4 is 15.8 Å². The van der Waals surface area contributed by atoms with Crippen molar-refractivity contribution in [2.45, 2.75) is 26.4 Å². The van der Waals surface area contributed by atoms with Crippen LogP contribution in [0.1, 0.15) is 34.7 Å². The molecular weight excluding hydrogens is 306 g/mol. The van der Waals surface area contributed by atoms with E-state index in [4.69, 9.17) is 10.5 Å². The molecule has 1 aromatic carbocycles. The lowest BCUT2D eigenvalue weighted by molar-refractivity contribution is -0.118. The number of Topliss-reactive ketones (excluding diaryl/α,β-unsaturated/α-hetero) is 1. The highest BCUT2D eigenvalue weighted by atomic mass is 16.5. The van der Waals surface area contributed by atoms with E-state index in [-0.39, 0.29) is 11.7 Å². The van der Waals surface area contributed by atoms with Crippen molar-refractivity contribution in [2.75, 3.05) is 13.7 Å². The van der Waals surface area contributed by atoms with Gasteiger partial charge >= 0.3 is 0 Å². The summed E-state index contributed by atoms with van der Waals surface area (Å²) in [5, 5.41) is 2.75. The summed E-state index contributed by atoms with van der Waals surface area (Å²) < 4.78 is 7.06. The second kappa shape index (κ2) is 7.79. The van der Waals surface area contributed by atoms with Crippen LogP contribution in [0, 0.1) is 6.92 Å². The van der Waals surface area contributed by atoms with Gasteiger partial charge in [-0.15, -0.1) is 0 Å². The Labute approximate surface area is 141 Å². The number of ketones is 1. The molecule has 0 radical (unpaired) electrons. The number of carbonyl (C=O) groups is 2. The summed E-state index contributed by atoms with van der Waals surface area (Å²) in [5.74, 6) is 0.450. The second-order valence-electron chi connectivity index (χ2n) is 5.60. The van der Waals surface area contributed by atoms with E-state index in [2.05, 4.69) is 5.32 Å². The SMILES string of the molecule is COc1ccc(C(=O)C(N)c2ccc(C)n2CCNC(C)=O)cc1. The molecule has 1 heterocycles. The van der Waals surface area contributed by atoms with Crippen molar-refractivity contribution in [3.63, 3.8) is 0 Å². The smallest absolute Gasteiger partial charge is 0.216 e. The van der Waals surface area contributed by atoms with Crippen LogP contribution in [0.25, 0.3) is 0 Å². The van der Waals surface area contributed by atoms with E-state index in [0.29, 0.717) is 24.4 Å². The summed E-state index contributed by atoms with van der Waals surface area (Å²) in [6.45, 7) is 4.48. The molecular formula is C18H23N3O3. The van der Waals surface area contributed by atoms with Gasteiger partial charge in [-0.3, -0.25) is 9.59 Å². The third kappa shape index (κ3) is 4.02. The van der Waals surface area contributed by atoms with Gasteiger partial charge in [0.25, 0.3) is 0 Å². The van der Waals surface area contributed by atoms with Crippen LogP contribution >= 0.6 is 0 Å². The van der Waals surface area contributed by atoms with Crippen LogP contribution in [0.5, 0.6) is 5.75 Å². The summed E-state index contributed by atoms with van der Waals surface area (Å²) in [7, 11) is 1.58. The summed E-state index contributed by atoms with van der Waals surface area (Å²) in [5.41, 5.74) is 8.46. The first-order chi connectivity index (χ1) is 11.4. The van der Waals surface area contributed by atoms with Gasteiger partial charge in [0.05, 0.1) is 7.11 Å². The Balaban J connectivity index is 2.17. The second-order valence-corrected chi connectivity index (χ2v) is 5.60. The van der Waals surface area contributed by atoms with E-state index in [1.165, 1.54) is 6.92 Å². The zero-order valence-corrected chi connectivity index (χ0v) is 14.2. The van der Waals surface area contributed by atoms with Gasteiger partial charge < -0.3 is 20.4 Å². The van der Waals surface area contributed by atoms with E-state index < -0.39 is 6.04 Å². The van der Waals surface area contributed by atoms with Gasteiger partial charge in [0.2, 0.25) is 5.91 Å². The number of nitrogens with zero attached hydrogens (tertiary/aromatic N) is 1. The number of hydrogen-bond acceptors (Lipinski definition) is 4. The first kappa shape index (κ1) is 17.7. The van der Waals surface area contributed by atoms with E-state index in [9.17, 15) is 9.59 Å². The molecule has 128 valence electrons. The van der Waals surface area contributed by atoms with Crippen LogP contribution in [-0.4, -0.2) is 29.9 Å². The minimum atomic E-state index is -0.760. The molecule has 6 nitrogen and oxygen atoms in total. The Hall–Kier alpha value is -2.60. The van der Waals surface area contributed by atoms with E-state index in [0.717, 1.165) is 11.4 Å². The standard InChI is InChI=1S/C18H23N3O3/c1-12-4-9-16(21(12)11-10-20-13(2)22)17(19)18(23)14-5-7-15(24-3)8-6-14/h4-9,17H,10-11,19H2,1-3H3,(H,20,22). The predicted octanol–water partition coefficient (Wildman–Crippen LogP) is 1.82. The fraction of sp³-hybridized carbons (Fsp3) is 0.333. The van der Waals surface area contributed by atoms with Crippen molar-refractivity contribution in [2.24, 2.45) is 5.73 Å². The summed E-state index contributed by atoms with van der Waals surface area (Å²) in [6, 6.07) is 9.91. The molecule has 2 rings (SSSR count). The van der Waals surface area contributed by atoms with E-state index in [1.807, 2.05) is 23.6 Å². The third-order valence-corrected chi connectivity index (χ3v) is 3.92. The van der Waals surface area contributed by atoms with Gasteiger partial charge in [-0.05, 0) is 43.3 Å². The maximum Gasteiger partial charge on any atom is 0.216 e. The van der Waals surface area contributed by atoms with Crippen molar-refractivity contribution >= 4 is 11.7 Å². The van der Waals surface area contributed by atoms with Crippen molar-refractivity contribution < 1.29 is 14.3 Å². The number of methoxy groups -OCH3 is 1. The largest absolute Gasteiger partial charge is 0.497 e. The van der Waals surface area contributed by atoms with Gasteiger partial charge in [0.1, 0.15) is 11.8 Å². The first-order valence-corrected chi connectivity index (χ1v) is 7.78. The number of amides is 1. The molecule has 1 amide bonds. The lowest BCUT2D eigenvalue weighted by atomic mass is 10.0. The molecule has 2 aromatic rings. The molecule has 6 heteroatoms. The average Bonchev–Trinajstić information content (AvgIpc) is 2.94. The maximum atomic E-state index is 12.6. The molecule has 24 heavy (non-hydrogen) atoms. The fourth-order valence-corrected chi connectivity index (χ4v) is 2.58. The van der Waals surface area contributed by atoms with Crippen molar-refractivity contribution in [1.82, 2.24) is 9.88 Å². The maximum absolute atomic E-state index is 12.6. The predicted molar refractivity (Wildman–Crippen MR) is 92.1 cm³/mol. The number of nitrogens with one attached hydrogen (secondary N) is 1. The van der Waals surface area contributed by atoms with Gasteiger partial charge in [-0.1, -0.05) is 0 Å². The van der Waals surface area contributed by atoms with Gasteiger partial charge in [-0.25, -0.2) is 0 Å². The Bertz CT molecular complexity index is 720. The van der Waals surface area contributed by atoms with Crippen LogP contribution in [-0.2, 0) is 11.3 Å². The minimum absolute atomic E-state index is 0.0834. The highest BCUT2D eigenvalue weighted by molar-refractivity contribution is 6.00. The van der Waals surface area contributed by atoms with Gasteiger partial charge in [0.15, 0.2) is 5.78 Å². The number of aromatic nitrogens is 1. The normalized spacial score (nSPS) is 11.8. The molecule has 0 spiro atoms. The summed E-state index contributed by atoms with van der Waals surface area (Å²) in [4.78, 5) is 23.7. The van der Waals surface area contributed by atoms with Crippen molar-refractivity contribution in [3.05, 3.63) is 53.3 Å². The molecule has 0 saturated carbocycles. The van der Waals surface area contributed by atoms with E-state index >= 15 is 0 Å². The lowest BCUT2D eigenvalue weighted by Gasteiger charge is -2.17. The Morgan fingerprint density at radius 3 is 2.46 bits per heavy atom. The fourth-order valence-electron chi connectivity index (χ4n) is 2.58. The Kier molecular flexibility index (Phi) is 5.76. The number of carbonyl (C=O) groups excluding carboxylic acids is 2. The van der Waals surface area contributed by atoms with Crippen LogP contribution in [0.2, 0.25) is 0 Å². The zero-order chi connectivity index (χ0) is 17.7. The van der Waals surface area contributed by atoms with Crippen molar-refractivity contribution in [3.8, 4) is 5.75 Å².